The number of nitrogens with zero attached hydrogens (tertiary/aromatic N) is 2. The van der Waals surface area contributed by atoms with Gasteiger partial charge in [-0.15, -0.1) is 0 Å². The van der Waals surface area contributed by atoms with Crippen LogP contribution in [0.2, 0.25) is 0 Å². The molecule has 0 radical (unpaired) electrons. The van der Waals surface area contributed by atoms with Gasteiger partial charge in [-0.05, 0) is 36.6 Å². The van der Waals surface area contributed by atoms with Crippen molar-refractivity contribution in [3.8, 4) is 0 Å². The molecule has 0 spiro atoms. The average molecular weight is 326 g/mol. The first kappa shape index (κ1) is 16.4. The van der Waals surface area contributed by atoms with E-state index < -0.39 is 5.91 Å². The molecule has 1 amide bonds. The summed E-state index contributed by atoms with van der Waals surface area (Å²) in [6.45, 7) is 2.11. The van der Waals surface area contributed by atoms with Gasteiger partial charge in [0.1, 0.15) is 5.82 Å². The SMILES string of the molecule is O=C(/C=C/c1ccc(C2CCCN2CCc2ncc[nH]2)cc1)NO. The number of nitrogens with one attached hydrogen (secondary N) is 2. The molecule has 1 aliphatic rings. The van der Waals surface area contributed by atoms with Crippen molar-refractivity contribution in [1.29, 1.82) is 0 Å². The van der Waals surface area contributed by atoms with Crippen molar-refractivity contribution in [1.82, 2.24) is 20.3 Å². The van der Waals surface area contributed by atoms with E-state index in [9.17, 15) is 4.79 Å². The van der Waals surface area contributed by atoms with E-state index >= 15 is 0 Å². The van der Waals surface area contributed by atoms with E-state index in [2.05, 4.69) is 27.0 Å². The largest absolute Gasteiger partial charge is 0.349 e. The second-order valence-corrected chi connectivity index (χ2v) is 5.96. The Morgan fingerprint density at radius 3 is 2.96 bits per heavy atom. The monoisotopic (exact) mass is 326 g/mol. The molecule has 3 rings (SSSR count). The molecule has 1 saturated heterocycles. The van der Waals surface area contributed by atoms with Crippen LogP contribution in [0, 0.1) is 0 Å². The van der Waals surface area contributed by atoms with Crippen LogP contribution in [0.3, 0.4) is 0 Å². The Morgan fingerprint density at radius 2 is 2.25 bits per heavy atom. The van der Waals surface area contributed by atoms with Gasteiger partial charge in [0, 0.05) is 37.5 Å². The summed E-state index contributed by atoms with van der Waals surface area (Å²) in [6.07, 6.45) is 9.95. The Hall–Kier alpha value is -2.44. The molecule has 1 fully saturated rings. The second kappa shape index (κ2) is 7.90. The molecule has 3 N–H and O–H groups in total. The van der Waals surface area contributed by atoms with Gasteiger partial charge in [-0.25, -0.2) is 10.5 Å². The molecule has 1 atom stereocenters. The molecule has 1 aromatic carbocycles. The number of likely N-dealkylation sites (tertiary alicyclic amines) is 1. The maximum atomic E-state index is 11.0. The highest BCUT2D eigenvalue weighted by molar-refractivity contribution is 5.90. The first-order valence-electron chi connectivity index (χ1n) is 8.20. The lowest BCUT2D eigenvalue weighted by Crippen LogP contribution is -2.26. The number of rotatable bonds is 6. The van der Waals surface area contributed by atoms with E-state index in [0.29, 0.717) is 6.04 Å². The van der Waals surface area contributed by atoms with E-state index in [-0.39, 0.29) is 0 Å². The molecule has 6 heteroatoms. The molecule has 2 aromatic rings. The maximum Gasteiger partial charge on any atom is 0.267 e. The fourth-order valence-electron chi connectivity index (χ4n) is 3.19. The zero-order valence-corrected chi connectivity index (χ0v) is 13.5. The molecule has 6 nitrogen and oxygen atoms in total. The number of benzene rings is 1. The number of aromatic nitrogens is 2. The van der Waals surface area contributed by atoms with Crippen LogP contribution in [-0.2, 0) is 11.2 Å². The zero-order valence-electron chi connectivity index (χ0n) is 13.5. The van der Waals surface area contributed by atoms with Crippen LogP contribution in [0.4, 0.5) is 0 Å². The molecule has 2 heterocycles. The number of carbonyl (C=O) groups is 1. The van der Waals surface area contributed by atoms with Crippen LogP contribution >= 0.6 is 0 Å². The number of amides is 1. The predicted octanol–water partition coefficient (Wildman–Crippen LogP) is 2.31. The first-order chi connectivity index (χ1) is 11.8. The summed E-state index contributed by atoms with van der Waals surface area (Å²) in [5.41, 5.74) is 3.82. The lowest BCUT2D eigenvalue weighted by Gasteiger charge is -2.24. The van der Waals surface area contributed by atoms with Crippen LogP contribution < -0.4 is 5.48 Å². The second-order valence-electron chi connectivity index (χ2n) is 5.96. The Balaban J connectivity index is 1.62. The molecular weight excluding hydrogens is 304 g/mol. The van der Waals surface area contributed by atoms with Gasteiger partial charge in [-0.1, -0.05) is 24.3 Å². The third-order valence-electron chi connectivity index (χ3n) is 4.41. The van der Waals surface area contributed by atoms with E-state index in [0.717, 1.165) is 30.9 Å². The summed E-state index contributed by atoms with van der Waals surface area (Å²) in [5.74, 6) is 0.502. The van der Waals surface area contributed by atoms with Crippen molar-refractivity contribution in [2.75, 3.05) is 13.1 Å². The molecule has 0 aliphatic carbocycles. The van der Waals surface area contributed by atoms with Gasteiger partial charge in [0.05, 0.1) is 0 Å². The minimum atomic E-state index is -0.529. The van der Waals surface area contributed by atoms with Gasteiger partial charge in [-0.3, -0.25) is 14.9 Å². The lowest BCUT2D eigenvalue weighted by molar-refractivity contribution is -0.124. The number of hydrogen-bond donors (Lipinski definition) is 3. The summed E-state index contributed by atoms with van der Waals surface area (Å²) >= 11 is 0. The topological polar surface area (TPSA) is 81.2 Å². The molecular formula is C18H22N4O2. The number of imidazole rings is 1. The summed E-state index contributed by atoms with van der Waals surface area (Å²) in [6, 6.07) is 8.68. The number of hydrogen-bond acceptors (Lipinski definition) is 4. The van der Waals surface area contributed by atoms with Crippen LogP contribution in [0.5, 0.6) is 0 Å². The third-order valence-corrected chi connectivity index (χ3v) is 4.41. The highest BCUT2D eigenvalue weighted by Gasteiger charge is 2.25. The van der Waals surface area contributed by atoms with Crippen LogP contribution in [0.15, 0.2) is 42.7 Å². The van der Waals surface area contributed by atoms with E-state index in [4.69, 9.17) is 5.21 Å². The van der Waals surface area contributed by atoms with Crippen molar-refractivity contribution in [2.45, 2.75) is 25.3 Å². The fraction of sp³-hybridized carbons (Fsp3) is 0.333. The standard InChI is InChI=1S/C18H22N4O2/c23-18(21-24)8-5-14-3-6-15(7-4-14)16-2-1-12-22(16)13-9-17-19-10-11-20-17/h3-8,10-11,16,24H,1-2,9,12-13H2,(H,19,20)(H,21,23)/b8-5+. The van der Waals surface area contributed by atoms with Gasteiger partial charge in [-0.2, -0.15) is 0 Å². The van der Waals surface area contributed by atoms with Gasteiger partial charge < -0.3 is 4.98 Å². The minimum Gasteiger partial charge on any atom is -0.349 e. The molecule has 126 valence electrons. The van der Waals surface area contributed by atoms with E-state index in [1.54, 1.807) is 17.8 Å². The van der Waals surface area contributed by atoms with Gasteiger partial charge in [0.25, 0.3) is 5.91 Å². The van der Waals surface area contributed by atoms with Crippen LogP contribution in [-0.4, -0.2) is 39.1 Å². The van der Waals surface area contributed by atoms with Crippen LogP contribution in [0.1, 0.15) is 35.8 Å². The van der Waals surface area contributed by atoms with Crippen molar-refractivity contribution in [2.24, 2.45) is 0 Å². The smallest absolute Gasteiger partial charge is 0.267 e. The average Bonchev–Trinajstić information content (AvgIpc) is 3.29. The Labute approximate surface area is 141 Å². The molecule has 0 saturated carbocycles. The zero-order chi connectivity index (χ0) is 16.8. The number of aromatic amines is 1. The molecule has 1 unspecified atom stereocenters. The Morgan fingerprint density at radius 1 is 1.42 bits per heavy atom. The summed E-state index contributed by atoms with van der Waals surface area (Å²) < 4.78 is 0. The molecule has 24 heavy (non-hydrogen) atoms. The fourth-order valence-corrected chi connectivity index (χ4v) is 3.19. The molecule has 1 aromatic heterocycles. The normalized spacial score (nSPS) is 18.3. The van der Waals surface area contributed by atoms with Crippen molar-refractivity contribution >= 4 is 12.0 Å². The molecule has 0 bridgehead atoms. The first-order valence-corrected chi connectivity index (χ1v) is 8.20. The van der Waals surface area contributed by atoms with E-state index in [1.807, 2.05) is 18.3 Å². The van der Waals surface area contributed by atoms with Gasteiger partial charge >= 0.3 is 0 Å². The summed E-state index contributed by atoms with van der Waals surface area (Å²) in [5, 5.41) is 8.49. The summed E-state index contributed by atoms with van der Waals surface area (Å²) in [7, 11) is 0. The predicted molar refractivity (Wildman–Crippen MR) is 91.2 cm³/mol. The highest BCUT2D eigenvalue weighted by Crippen LogP contribution is 2.32. The number of H-pyrrole nitrogens is 1. The lowest BCUT2D eigenvalue weighted by atomic mass is 10.0. The van der Waals surface area contributed by atoms with Crippen molar-refractivity contribution < 1.29 is 10.0 Å². The van der Waals surface area contributed by atoms with Crippen molar-refractivity contribution in [3.05, 3.63) is 59.7 Å². The number of carbonyl (C=O) groups excluding carboxylic acids is 1. The van der Waals surface area contributed by atoms with E-state index in [1.165, 1.54) is 24.5 Å². The maximum absolute atomic E-state index is 11.0. The quantitative estimate of drug-likeness (QED) is 0.432. The third kappa shape index (κ3) is 4.10. The molecule has 1 aliphatic heterocycles. The van der Waals surface area contributed by atoms with Crippen molar-refractivity contribution in [3.63, 3.8) is 0 Å². The Kier molecular flexibility index (Phi) is 5.40. The number of hydroxylamine groups is 1. The van der Waals surface area contributed by atoms with Gasteiger partial charge in [0.2, 0.25) is 0 Å². The summed E-state index contributed by atoms with van der Waals surface area (Å²) in [4.78, 5) is 21.0. The Bertz CT molecular complexity index is 680. The highest BCUT2D eigenvalue weighted by atomic mass is 16.5. The van der Waals surface area contributed by atoms with Gasteiger partial charge in [0.15, 0.2) is 0 Å². The minimum absolute atomic E-state index is 0.443. The van der Waals surface area contributed by atoms with Crippen LogP contribution in [0.25, 0.3) is 6.08 Å².